The molecule has 1 amide bonds. The van der Waals surface area contributed by atoms with Crippen LogP contribution in [0.3, 0.4) is 0 Å². The van der Waals surface area contributed by atoms with E-state index in [0.717, 1.165) is 5.69 Å². The van der Waals surface area contributed by atoms with Crippen LogP contribution in [0.15, 0.2) is 36.9 Å². The molecule has 1 aromatic carbocycles. The van der Waals surface area contributed by atoms with Crippen LogP contribution in [0, 0.1) is 0 Å². The van der Waals surface area contributed by atoms with Gasteiger partial charge in [-0.15, -0.1) is 10.2 Å². The Bertz CT molecular complexity index is 691. The van der Waals surface area contributed by atoms with E-state index in [9.17, 15) is 9.90 Å². The first kappa shape index (κ1) is 16.6. The predicted octanol–water partition coefficient (Wildman–Crippen LogP) is 0.114. The van der Waals surface area contributed by atoms with Crippen molar-refractivity contribution in [2.75, 3.05) is 27.4 Å². The van der Waals surface area contributed by atoms with Crippen LogP contribution in [0.25, 0.3) is 5.69 Å². The molecule has 1 aromatic heterocycles. The number of nitrogens with zero attached hydrogens (tertiary/aromatic N) is 4. The molecule has 128 valence electrons. The molecule has 3 rings (SSSR count). The third-order valence-corrected chi connectivity index (χ3v) is 4.28. The Hall–Kier alpha value is -2.29. The third kappa shape index (κ3) is 3.16. The number of aromatic nitrogens is 3. The molecule has 0 aliphatic carbocycles. The highest BCUT2D eigenvalue weighted by atomic mass is 16.5. The number of rotatable bonds is 4. The molecule has 1 aliphatic heterocycles. The summed E-state index contributed by atoms with van der Waals surface area (Å²) in [5.74, 6) is -0.200. The van der Waals surface area contributed by atoms with Crippen molar-refractivity contribution in [3.8, 4) is 5.69 Å². The third-order valence-electron chi connectivity index (χ3n) is 4.28. The number of aliphatic hydroxyl groups excluding tert-OH is 1. The van der Waals surface area contributed by atoms with E-state index in [0.29, 0.717) is 12.2 Å². The maximum atomic E-state index is 12.8. The van der Waals surface area contributed by atoms with Crippen molar-refractivity contribution >= 4 is 5.91 Å². The van der Waals surface area contributed by atoms with E-state index in [1.807, 2.05) is 6.07 Å². The number of likely N-dealkylation sites (N-methyl/N-ethyl adjacent to an activating group) is 1. The van der Waals surface area contributed by atoms with Gasteiger partial charge in [0.1, 0.15) is 24.9 Å². The fourth-order valence-corrected chi connectivity index (χ4v) is 2.79. The molecule has 0 spiro atoms. The van der Waals surface area contributed by atoms with Crippen LogP contribution in [0.1, 0.15) is 10.4 Å². The van der Waals surface area contributed by atoms with Crippen LogP contribution in [0.2, 0.25) is 0 Å². The normalized spacial score (nSPS) is 23.9. The number of aliphatic hydroxyl groups is 1. The quantitative estimate of drug-likeness (QED) is 0.855. The first-order valence-electron chi connectivity index (χ1n) is 7.62. The Labute approximate surface area is 139 Å². The average Bonchev–Trinajstić information content (AvgIpc) is 3.15. The molecule has 0 radical (unpaired) electrons. The molecular weight excluding hydrogens is 312 g/mol. The van der Waals surface area contributed by atoms with Crippen LogP contribution in [0.5, 0.6) is 0 Å². The number of benzene rings is 1. The first-order valence-corrected chi connectivity index (χ1v) is 7.62. The highest BCUT2D eigenvalue weighted by Crippen LogP contribution is 2.19. The van der Waals surface area contributed by atoms with Crippen molar-refractivity contribution in [3.63, 3.8) is 0 Å². The van der Waals surface area contributed by atoms with Crippen LogP contribution in [-0.2, 0) is 9.47 Å². The second-order valence-corrected chi connectivity index (χ2v) is 5.71. The van der Waals surface area contributed by atoms with E-state index in [4.69, 9.17) is 9.47 Å². The van der Waals surface area contributed by atoms with Crippen molar-refractivity contribution in [1.29, 1.82) is 0 Å². The minimum Gasteiger partial charge on any atom is -0.388 e. The summed E-state index contributed by atoms with van der Waals surface area (Å²) in [6, 6.07) is 6.68. The summed E-state index contributed by atoms with van der Waals surface area (Å²) in [7, 11) is 3.17. The maximum absolute atomic E-state index is 12.8. The van der Waals surface area contributed by atoms with Gasteiger partial charge in [-0.25, -0.2) is 0 Å². The SMILES string of the molecule is CO[C@@H]1COC[C@@H](N(C)C(=O)c2cccc(-n3cnnc3)c2)[C@@H]1O. The smallest absolute Gasteiger partial charge is 0.254 e. The molecule has 1 aliphatic rings. The fraction of sp³-hybridized carbons (Fsp3) is 0.438. The van der Waals surface area contributed by atoms with Crippen LogP contribution < -0.4 is 0 Å². The van der Waals surface area contributed by atoms with Crippen LogP contribution in [0.4, 0.5) is 0 Å². The first-order chi connectivity index (χ1) is 11.6. The molecule has 1 fully saturated rings. The van der Waals surface area contributed by atoms with Gasteiger partial charge in [-0.3, -0.25) is 9.36 Å². The minimum absolute atomic E-state index is 0.200. The summed E-state index contributed by atoms with van der Waals surface area (Å²) in [6.45, 7) is 0.591. The summed E-state index contributed by atoms with van der Waals surface area (Å²) in [4.78, 5) is 14.3. The molecular formula is C16H20N4O4. The van der Waals surface area contributed by atoms with Gasteiger partial charge < -0.3 is 19.5 Å². The lowest BCUT2D eigenvalue weighted by molar-refractivity contribution is -0.135. The maximum Gasteiger partial charge on any atom is 0.254 e. The molecule has 2 heterocycles. The van der Waals surface area contributed by atoms with Crippen molar-refractivity contribution < 1.29 is 19.4 Å². The number of carbonyl (C=O) groups is 1. The number of hydrogen-bond acceptors (Lipinski definition) is 6. The fourth-order valence-electron chi connectivity index (χ4n) is 2.79. The Balaban J connectivity index is 1.79. The largest absolute Gasteiger partial charge is 0.388 e. The van der Waals surface area contributed by atoms with E-state index >= 15 is 0 Å². The highest BCUT2D eigenvalue weighted by molar-refractivity contribution is 5.94. The molecule has 1 N–H and O–H groups in total. The molecule has 0 saturated carbocycles. The van der Waals surface area contributed by atoms with Gasteiger partial charge in [-0.2, -0.15) is 0 Å². The lowest BCUT2D eigenvalue weighted by Crippen LogP contribution is -2.56. The number of carbonyl (C=O) groups excluding carboxylic acids is 1. The second-order valence-electron chi connectivity index (χ2n) is 5.71. The van der Waals surface area contributed by atoms with Gasteiger partial charge in [-0.1, -0.05) is 6.07 Å². The van der Waals surface area contributed by atoms with Crippen molar-refractivity contribution in [2.24, 2.45) is 0 Å². The molecule has 0 bridgehead atoms. The summed E-state index contributed by atoms with van der Waals surface area (Å²) < 4.78 is 12.4. The number of amides is 1. The van der Waals surface area contributed by atoms with Gasteiger partial charge in [0.05, 0.1) is 19.3 Å². The van der Waals surface area contributed by atoms with Crippen LogP contribution in [-0.4, -0.2) is 76.3 Å². The standard InChI is InChI=1S/C16H20N4O4/c1-19(13-7-24-8-14(23-2)15(13)21)16(22)11-4-3-5-12(6-11)20-9-17-18-10-20/h3-6,9-10,13-15,21H,7-8H2,1-2H3/t13-,14-,15+/m1/s1. The number of methoxy groups -OCH3 is 1. The minimum atomic E-state index is -0.793. The summed E-state index contributed by atoms with van der Waals surface area (Å²) in [5.41, 5.74) is 1.30. The number of ether oxygens (including phenoxy) is 2. The van der Waals surface area contributed by atoms with Crippen molar-refractivity contribution in [2.45, 2.75) is 18.2 Å². The second kappa shape index (κ2) is 7.08. The van der Waals surface area contributed by atoms with Gasteiger partial charge in [-0.05, 0) is 18.2 Å². The van der Waals surface area contributed by atoms with Gasteiger partial charge in [0.15, 0.2) is 0 Å². The molecule has 0 unspecified atom stereocenters. The Kier molecular flexibility index (Phi) is 4.89. The molecule has 2 aromatic rings. The zero-order valence-electron chi connectivity index (χ0n) is 13.6. The Morgan fingerprint density at radius 2 is 2.12 bits per heavy atom. The molecule has 3 atom stereocenters. The zero-order chi connectivity index (χ0) is 17.1. The van der Waals surface area contributed by atoms with Gasteiger partial charge in [0.25, 0.3) is 5.91 Å². The Morgan fingerprint density at radius 1 is 1.38 bits per heavy atom. The van der Waals surface area contributed by atoms with Crippen LogP contribution >= 0.6 is 0 Å². The van der Waals surface area contributed by atoms with Gasteiger partial charge in [0, 0.05) is 25.4 Å². The van der Waals surface area contributed by atoms with E-state index in [1.165, 1.54) is 12.0 Å². The van der Waals surface area contributed by atoms with Crippen molar-refractivity contribution in [1.82, 2.24) is 19.7 Å². The number of hydrogen-bond donors (Lipinski definition) is 1. The summed E-state index contributed by atoms with van der Waals surface area (Å²) in [6.07, 6.45) is 1.89. The molecule has 1 saturated heterocycles. The monoisotopic (exact) mass is 332 g/mol. The average molecular weight is 332 g/mol. The molecule has 24 heavy (non-hydrogen) atoms. The highest BCUT2D eigenvalue weighted by Gasteiger charge is 2.37. The zero-order valence-corrected chi connectivity index (χ0v) is 13.6. The van der Waals surface area contributed by atoms with E-state index < -0.39 is 18.2 Å². The van der Waals surface area contributed by atoms with Gasteiger partial charge in [0.2, 0.25) is 0 Å². The lowest BCUT2D eigenvalue weighted by atomic mass is 10.0. The predicted molar refractivity (Wildman–Crippen MR) is 84.9 cm³/mol. The lowest BCUT2D eigenvalue weighted by Gasteiger charge is -2.38. The van der Waals surface area contributed by atoms with E-state index in [2.05, 4.69) is 10.2 Å². The summed E-state index contributed by atoms with van der Waals surface area (Å²) in [5, 5.41) is 17.9. The molecule has 8 nitrogen and oxygen atoms in total. The molecule has 8 heteroatoms. The van der Waals surface area contributed by atoms with Gasteiger partial charge >= 0.3 is 0 Å². The van der Waals surface area contributed by atoms with E-state index in [-0.39, 0.29) is 12.5 Å². The van der Waals surface area contributed by atoms with E-state index in [1.54, 1.807) is 42.5 Å². The van der Waals surface area contributed by atoms with Crippen molar-refractivity contribution in [3.05, 3.63) is 42.5 Å². The Morgan fingerprint density at radius 3 is 2.83 bits per heavy atom. The topological polar surface area (TPSA) is 89.7 Å². The summed E-state index contributed by atoms with van der Waals surface area (Å²) >= 11 is 0.